The fraction of sp³-hybridized carbons (Fsp3) is 0.364. The zero-order valence-electron chi connectivity index (χ0n) is 16.6. The van der Waals surface area contributed by atoms with Gasteiger partial charge in [0.15, 0.2) is 0 Å². The van der Waals surface area contributed by atoms with E-state index in [1.54, 1.807) is 24.3 Å². The Labute approximate surface area is 177 Å². The van der Waals surface area contributed by atoms with E-state index in [-0.39, 0.29) is 24.4 Å². The summed E-state index contributed by atoms with van der Waals surface area (Å²) in [7, 11) is 0. The van der Waals surface area contributed by atoms with Crippen LogP contribution in [0.5, 0.6) is 5.75 Å². The SMILES string of the molecule is CCc1ccc(C2CNCCN2C(=O)CCOc2ccc(C(N)=O)cc2)cc1.Cl. The summed E-state index contributed by atoms with van der Waals surface area (Å²) in [5.74, 6) is 0.225. The van der Waals surface area contributed by atoms with Crippen LogP contribution in [0.2, 0.25) is 0 Å². The fourth-order valence-electron chi connectivity index (χ4n) is 3.39. The first-order valence-electron chi connectivity index (χ1n) is 9.70. The van der Waals surface area contributed by atoms with Gasteiger partial charge < -0.3 is 20.7 Å². The molecule has 0 aliphatic carbocycles. The molecule has 0 radical (unpaired) electrons. The Morgan fingerprint density at radius 3 is 2.45 bits per heavy atom. The lowest BCUT2D eigenvalue weighted by molar-refractivity contribution is -0.135. The number of carbonyl (C=O) groups excluding carboxylic acids is 2. The average Bonchev–Trinajstić information content (AvgIpc) is 2.74. The van der Waals surface area contributed by atoms with Crippen LogP contribution in [0.4, 0.5) is 0 Å². The highest BCUT2D eigenvalue weighted by atomic mass is 35.5. The first-order valence-corrected chi connectivity index (χ1v) is 9.70. The van der Waals surface area contributed by atoms with Crippen molar-refractivity contribution in [2.45, 2.75) is 25.8 Å². The highest BCUT2D eigenvalue weighted by Gasteiger charge is 2.27. The van der Waals surface area contributed by atoms with Crippen molar-refractivity contribution in [1.29, 1.82) is 0 Å². The molecule has 1 fully saturated rings. The molecule has 7 heteroatoms. The molecule has 156 valence electrons. The maximum Gasteiger partial charge on any atom is 0.248 e. The highest BCUT2D eigenvalue weighted by molar-refractivity contribution is 5.92. The summed E-state index contributed by atoms with van der Waals surface area (Å²) in [6, 6.07) is 15.2. The molecule has 0 spiro atoms. The maximum absolute atomic E-state index is 12.8. The molecular weight excluding hydrogens is 390 g/mol. The number of amides is 2. The number of primary amides is 1. The van der Waals surface area contributed by atoms with E-state index in [9.17, 15) is 9.59 Å². The summed E-state index contributed by atoms with van der Waals surface area (Å²) in [6.07, 6.45) is 1.31. The summed E-state index contributed by atoms with van der Waals surface area (Å²) in [4.78, 5) is 25.8. The fourth-order valence-corrected chi connectivity index (χ4v) is 3.39. The Hall–Kier alpha value is -2.57. The van der Waals surface area contributed by atoms with Gasteiger partial charge in [0.05, 0.1) is 19.1 Å². The van der Waals surface area contributed by atoms with E-state index in [2.05, 4.69) is 36.5 Å². The zero-order chi connectivity index (χ0) is 19.9. The minimum atomic E-state index is -0.474. The third-order valence-electron chi connectivity index (χ3n) is 5.06. The molecule has 1 unspecified atom stereocenters. The lowest BCUT2D eigenvalue weighted by Gasteiger charge is -2.36. The number of nitrogens with one attached hydrogen (secondary N) is 1. The second-order valence-corrected chi connectivity index (χ2v) is 6.89. The van der Waals surface area contributed by atoms with Gasteiger partial charge in [-0.15, -0.1) is 12.4 Å². The topological polar surface area (TPSA) is 84.7 Å². The van der Waals surface area contributed by atoms with Crippen LogP contribution in [0.25, 0.3) is 0 Å². The van der Waals surface area contributed by atoms with Crippen LogP contribution in [0.1, 0.15) is 40.9 Å². The number of ether oxygens (including phenoxy) is 1. The normalized spacial score (nSPS) is 16.0. The Morgan fingerprint density at radius 2 is 1.83 bits per heavy atom. The largest absolute Gasteiger partial charge is 0.493 e. The van der Waals surface area contributed by atoms with Gasteiger partial charge in [-0.25, -0.2) is 0 Å². The molecular formula is C22H28ClN3O3. The number of carbonyl (C=O) groups is 2. The van der Waals surface area contributed by atoms with Crippen LogP contribution < -0.4 is 15.8 Å². The van der Waals surface area contributed by atoms with Gasteiger partial charge in [-0.1, -0.05) is 31.2 Å². The molecule has 0 aromatic heterocycles. The van der Waals surface area contributed by atoms with Crippen molar-refractivity contribution >= 4 is 24.2 Å². The summed E-state index contributed by atoms with van der Waals surface area (Å²) in [5, 5.41) is 3.38. The van der Waals surface area contributed by atoms with E-state index in [4.69, 9.17) is 10.5 Å². The zero-order valence-corrected chi connectivity index (χ0v) is 17.4. The second-order valence-electron chi connectivity index (χ2n) is 6.89. The quantitative estimate of drug-likeness (QED) is 0.725. The molecule has 2 aromatic rings. The summed E-state index contributed by atoms with van der Waals surface area (Å²) in [5.41, 5.74) is 8.11. The predicted molar refractivity (Wildman–Crippen MR) is 115 cm³/mol. The van der Waals surface area contributed by atoms with Crippen molar-refractivity contribution in [1.82, 2.24) is 10.2 Å². The third kappa shape index (κ3) is 5.95. The molecule has 29 heavy (non-hydrogen) atoms. The van der Waals surface area contributed by atoms with Gasteiger partial charge in [0.2, 0.25) is 11.8 Å². The van der Waals surface area contributed by atoms with Gasteiger partial charge in [-0.05, 0) is 41.8 Å². The van der Waals surface area contributed by atoms with E-state index in [0.29, 0.717) is 30.9 Å². The molecule has 1 heterocycles. The number of benzene rings is 2. The molecule has 1 aliphatic heterocycles. The van der Waals surface area contributed by atoms with E-state index < -0.39 is 5.91 Å². The molecule has 0 saturated carbocycles. The molecule has 3 rings (SSSR count). The lowest BCUT2D eigenvalue weighted by Crippen LogP contribution is -2.48. The van der Waals surface area contributed by atoms with Gasteiger partial charge in [0, 0.05) is 25.2 Å². The van der Waals surface area contributed by atoms with Crippen LogP contribution in [0.3, 0.4) is 0 Å². The molecule has 3 N–H and O–H groups in total. The Balaban J connectivity index is 0.00000300. The van der Waals surface area contributed by atoms with Crippen molar-refractivity contribution in [3.63, 3.8) is 0 Å². The van der Waals surface area contributed by atoms with Crippen molar-refractivity contribution < 1.29 is 14.3 Å². The monoisotopic (exact) mass is 417 g/mol. The van der Waals surface area contributed by atoms with Gasteiger partial charge in [0.25, 0.3) is 0 Å². The summed E-state index contributed by atoms with van der Waals surface area (Å²) >= 11 is 0. The molecule has 0 bridgehead atoms. The number of nitrogens with two attached hydrogens (primary N) is 1. The van der Waals surface area contributed by atoms with Gasteiger partial charge in [-0.3, -0.25) is 9.59 Å². The molecule has 1 atom stereocenters. The van der Waals surface area contributed by atoms with E-state index in [1.807, 2.05) is 4.90 Å². The van der Waals surface area contributed by atoms with Crippen molar-refractivity contribution in [3.8, 4) is 5.75 Å². The minimum Gasteiger partial charge on any atom is -0.493 e. The van der Waals surface area contributed by atoms with Crippen LogP contribution in [0.15, 0.2) is 48.5 Å². The van der Waals surface area contributed by atoms with Crippen molar-refractivity contribution in [3.05, 3.63) is 65.2 Å². The molecule has 1 saturated heterocycles. The number of rotatable bonds is 7. The smallest absolute Gasteiger partial charge is 0.248 e. The minimum absolute atomic E-state index is 0. The average molecular weight is 418 g/mol. The van der Waals surface area contributed by atoms with Crippen molar-refractivity contribution in [2.24, 2.45) is 5.73 Å². The summed E-state index contributed by atoms with van der Waals surface area (Å²) < 4.78 is 5.66. The molecule has 2 aromatic carbocycles. The van der Waals surface area contributed by atoms with Crippen LogP contribution >= 0.6 is 12.4 Å². The first kappa shape index (κ1) is 22.7. The highest BCUT2D eigenvalue weighted by Crippen LogP contribution is 2.24. The Kier molecular flexibility index (Phi) is 8.49. The van der Waals surface area contributed by atoms with Crippen LogP contribution in [0, 0.1) is 0 Å². The molecule has 2 amide bonds. The third-order valence-corrected chi connectivity index (χ3v) is 5.06. The number of halogens is 1. The standard InChI is InChI=1S/C22H27N3O3.ClH/c1-2-16-3-5-17(6-4-16)20-15-24-12-13-25(20)21(26)11-14-28-19-9-7-18(8-10-19)22(23)27;/h3-10,20,24H,2,11-15H2,1H3,(H2,23,27);1H. The molecule has 1 aliphatic rings. The Morgan fingerprint density at radius 1 is 1.14 bits per heavy atom. The van der Waals surface area contributed by atoms with Gasteiger partial charge in [-0.2, -0.15) is 0 Å². The van der Waals surface area contributed by atoms with E-state index >= 15 is 0 Å². The van der Waals surface area contributed by atoms with Crippen LogP contribution in [-0.4, -0.2) is 43.0 Å². The lowest BCUT2D eigenvalue weighted by atomic mass is 10.0. The number of piperazine rings is 1. The second kappa shape index (κ2) is 10.8. The van der Waals surface area contributed by atoms with Crippen molar-refractivity contribution in [2.75, 3.05) is 26.2 Å². The first-order chi connectivity index (χ1) is 13.6. The number of hydrogen-bond donors (Lipinski definition) is 2. The van der Waals surface area contributed by atoms with E-state index in [1.165, 1.54) is 5.56 Å². The van der Waals surface area contributed by atoms with Gasteiger partial charge in [0.1, 0.15) is 5.75 Å². The number of aryl methyl sites for hydroxylation is 1. The summed E-state index contributed by atoms with van der Waals surface area (Å²) in [6.45, 7) is 4.66. The number of nitrogens with zero attached hydrogens (tertiary/aromatic N) is 1. The Bertz CT molecular complexity index is 809. The number of hydrogen-bond acceptors (Lipinski definition) is 4. The van der Waals surface area contributed by atoms with E-state index in [0.717, 1.165) is 25.1 Å². The van der Waals surface area contributed by atoms with Gasteiger partial charge >= 0.3 is 0 Å². The maximum atomic E-state index is 12.8. The predicted octanol–water partition coefficient (Wildman–Crippen LogP) is 2.71. The van der Waals surface area contributed by atoms with Crippen LogP contribution in [-0.2, 0) is 11.2 Å². The molecule has 6 nitrogen and oxygen atoms in total.